The Morgan fingerprint density at radius 3 is 2.59 bits per heavy atom. The summed E-state index contributed by atoms with van der Waals surface area (Å²) in [7, 11) is 0. The summed E-state index contributed by atoms with van der Waals surface area (Å²) in [4.78, 5) is 28.9. The molecule has 0 aliphatic heterocycles. The molecule has 9 heteroatoms. The molecule has 2 aromatic heterocycles. The number of aromatic nitrogens is 1. The van der Waals surface area contributed by atoms with Gasteiger partial charge < -0.3 is 19.5 Å². The Morgan fingerprint density at radius 2 is 1.84 bits per heavy atom. The second-order valence-electron chi connectivity index (χ2n) is 6.79. The average Bonchev–Trinajstić information content (AvgIpc) is 3.47. The molecule has 0 atom stereocenters. The van der Waals surface area contributed by atoms with Gasteiger partial charge >= 0.3 is 0 Å². The van der Waals surface area contributed by atoms with Crippen LogP contribution in [0, 0.1) is 5.82 Å². The lowest BCUT2D eigenvalue weighted by atomic mass is 10.2. The van der Waals surface area contributed by atoms with Crippen molar-refractivity contribution in [2.24, 2.45) is 0 Å². The highest BCUT2D eigenvalue weighted by Crippen LogP contribution is 2.27. The Hall–Kier alpha value is -3.91. The van der Waals surface area contributed by atoms with Crippen molar-refractivity contribution in [3.63, 3.8) is 0 Å². The molecule has 2 N–H and O–H groups in total. The number of rotatable bonds is 7. The van der Waals surface area contributed by atoms with Crippen molar-refractivity contribution in [2.75, 3.05) is 10.6 Å². The molecule has 4 rings (SSSR count). The van der Waals surface area contributed by atoms with Crippen LogP contribution in [0.3, 0.4) is 0 Å². The summed E-state index contributed by atoms with van der Waals surface area (Å²) in [5, 5.41) is 5.81. The van der Waals surface area contributed by atoms with Gasteiger partial charge in [-0.1, -0.05) is 11.6 Å². The number of carbonyl (C=O) groups excluding carboxylic acids is 2. The molecule has 7 nitrogen and oxygen atoms in total. The van der Waals surface area contributed by atoms with Crippen LogP contribution in [0.1, 0.15) is 22.9 Å². The number of nitrogens with zero attached hydrogens (tertiary/aromatic N) is 1. The van der Waals surface area contributed by atoms with E-state index in [1.165, 1.54) is 36.7 Å². The lowest BCUT2D eigenvalue weighted by Gasteiger charge is -2.12. The molecule has 0 aliphatic carbocycles. The third-order valence-corrected chi connectivity index (χ3v) is 4.73. The normalized spacial score (nSPS) is 10.7. The molecule has 0 saturated heterocycles. The molecule has 162 valence electrons. The fourth-order valence-electron chi connectivity index (χ4n) is 2.93. The highest BCUT2D eigenvalue weighted by Gasteiger charge is 2.15. The minimum atomic E-state index is -0.471. The van der Waals surface area contributed by atoms with E-state index >= 15 is 0 Å². The zero-order valence-electron chi connectivity index (χ0n) is 16.6. The number of furan rings is 1. The van der Waals surface area contributed by atoms with Gasteiger partial charge in [0.1, 0.15) is 5.82 Å². The highest BCUT2D eigenvalue weighted by atomic mass is 35.5. The molecule has 0 spiro atoms. The van der Waals surface area contributed by atoms with E-state index in [2.05, 4.69) is 15.6 Å². The lowest BCUT2D eigenvalue weighted by molar-refractivity contribution is -0.116. The van der Waals surface area contributed by atoms with Crippen LogP contribution in [0.2, 0.25) is 5.02 Å². The van der Waals surface area contributed by atoms with Crippen molar-refractivity contribution in [2.45, 2.75) is 12.8 Å². The van der Waals surface area contributed by atoms with Crippen molar-refractivity contribution >= 4 is 34.8 Å². The van der Waals surface area contributed by atoms with Crippen LogP contribution < -0.4 is 10.6 Å². The molecule has 2 aromatic carbocycles. The zero-order valence-corrected chi connectivity index (χ0v) is 17.4. The van der Waals surface area contributed by atoms with Gasteiger partial charge in [-0.15, -0.1) is 0 Å². The van der Waals surface area contributed by atoms with Crippen LogP contribution >= 0.6 is 11.6 Å². The Balaban J connectivity index is 1.38. The first-order chi connectivity index (χ1) is 15.5. The molecule has 0 radical (unpaired) electrons. The van der Waals surface area contributed by atoms with Crippen LogP contribution in [0.25, 0.3) is 11.3 Å². The van der Waals surface area contributed by atoms with E-state index in [-0.39, 0.29) is 30.3 Å². The van der Waals surface area contributed by atoms with Gasteiger partial charge in [0, 0.05) is 23.4 Å². The van der Waals surface area contributed by atoms with E-state index in [1.54, 1.807) is 30.3 Å². The number of hydrogen-bond acceptors (Lipinski definition) is 5. The molecule has 0 saturated carbocycles. The maximum atomic E-state index is 13.1. The van der Waals surface area contributed by atoms with Crippen molar-refractivity contribution < 1.29 is 22.8 Å². The fourth-order valence-corrected chi connectivity index (χ4v) is 3.10. The quantitative estimate of drug-likeness (QED) is 0.382. The van der Waals surface area contributed by atoms with Crippen molar-refractivity contribution in [3.05, 3.63) is 89.5 Å². The Bertz CT molecular complexity index is 1240. The Kier molecular flexibility index (Phi) is 6.32. The third kappa shape index (κ3) is 5.22. The van der Waals surface area contributed by atoms with Gasteiger partial charge in [-0.2, -0.15) is 0 Å². The molecule has 0 fully saturated rings. The van der Waals surface area contributed by atoms with Gasteiger partial charge in [-0.25, -0.2) is 9.37 Å². The van der Waals surface area contributed by atoms with Crippen LogP contribution in [-0.2, 0) is 11.2 Å². The van der Waals surface area contributed by atoms with Gasteiger partial charge in [-0.05, 0) is 54.6 Å². The van der Waals surface area contributed by atoms with Crippen LogP contribution in [-0.4, -0.2) is 16.8 Å². The van der Waals surface area contributed by atoms with E-state index < -0.39 is 5.91 Å². The number of aryl methyl sites for hydroxylation is 1. The number of nitrogens with one attached hydrogen (secondary N) is 2. The highest BCUT2D eigenvalue weighted by molar-refractivity contribution is 6.31. The largest absolute Gasteiger partial charge is 0.459 e. The van der Waals surface area contributed by atoms with Gasteiger partial charge in [0.05, 0.1) is 23.8 Å². The first-order valence-corrected chi connectivity index (χ1v) is 10.0. The average molecular weight is 454 g/mol. The molecule has 4 aromatic rings. The number of benzene rings is 2. The summed E-state index contributed by atoms with van der Waals surface area (Å²) in [6, 6.07) is 13.7. The maximum Gasteiger partial charge on any atom is 0.291 e. The van der Waals surface area contributed by atoms with Crippen molar-refractivity contribution in [3.8, 4) is 11.3 Å². The van der Waals surface area contributed by atoms with Gasteiger partial charge in [0.2, 0.25) is 5.91 Å². The zero-order chi connectivity index (χ0) is 22.5. The topological polar surface area (TPSA) is 97.4 Å². The minimum Gasteiger partial charge on any atom is -0.459 e. The summed E-state index contributed by atoms with van der Waals surface area (Å²) < 4.78 is 23.8. The maximum absolute atomic E-state index is 13.1. The number of halogens is 2. The first kappa shape index (κ1) is 21.3. The second kappa shape index (κ2) is 9.49. The number of hydrogen-bond donors (Lipinski definition) is 2. The smallest absolute Gasteiger partial charge is 0.291 e. The van der Waals surface area contributed by atoms with Gasteiger partial charge in [-0.3, -0.25) is 9.59 Å². The fraction of sp³-hybridized carbons (Fsp3) is 0.0870. The predicted molar refractivity (Wildman–Crippen MR) is 117 cm³/mol. The van der Waals surface area contributed by atoms with Crippen molar-refractivity contribution in [1.82, 2.24) is 4.98 Å². The summed E-state index contributed by atoms with van der Waals surface area (Å²) in [5.41, 5.74) is 1.41. The van der Waals surface area contributed by atoms with E-state index in [0.717, 1.165) is 0 Å². The van der Waals surface area contributed by atoms with Crippen LogP contribution in [0.5, 0.6) is 0 Å². The summed E-state index contributed by atoms with van der Waals surface area (Å²) in [5.74, 6) is -0.124. The van der Waals surface area contributed by atoms with E-state index in [4.69, 9.17) is 20.4 Å². The molecule has 32 heavy (non-hydrogen) atoms. The molecule has 0 unspecified atom stereocenters. The molecule has 0 bridgehead atoms. The monoisotopic (exact) mass is 453 g/mol. The second-order valence-corrected chi connectivity index (χ2v) is 7.23. The molecule has 2 heterocycles. The van der Waals surface area contributed by atoms with E-state index in [1.807, 2.05) is 0 Å². The number of anilines is 2. The Morgan fingerprint density at radius 1 is 1.03 bits per heavy atom. The van der Waals surface area contributed by atoms with Crippen LogP contribution in [0.4, 0.5) is 15.8 Å². The first-order valence-electron chi connectivity index (χ1n) is 9.63. The standard InChI is InChI=1S/C23H17ClFN3O4/c24-15-5-8-17(18(12-15)28-23(30)19-2-1-11-31-19)27-21(29)9-10-22-26-13-20(32-22)14-3-6-16(25)7-4-14/h1-8,11-13H,9-10H2,(H,27,29)(H,28,30). The van der Waals surface area contributed by atoms with Crippen molar-refractivity contribution in [1.29, 1.82) is 0 Å². The van der Waals surface area contributed by atoms with Gasteiger partial charge in [0.25, 0.3) is 5.91 Å². The number of carbonyl (C=O) groups is 2. The van der Waals surface area contributed by atoms with Crippen LogP contribution in [0.15, 0.2) is 75.9 Å². The molecule has 2 amide bonds. The summed E-state index contributed by atoms with van der Waals surface area (Å²) >= 11 is 6.04. The summed E-state index contributed by atoms with van der Waals surface area (Å²) in [6.07, 6.45) is 3.27. The number of oxazole rings is 1. The summed E-state index contributed by atoms with van der Waals surface area (Å²) in [6.45, 7) is 0. The predicted octanol–water partition coefficient (Wildman–Crippen LogP) is 5.55. The molecular formula is C23H17ClFN3O4. The van der Waals surface area contributed by atoms with Gasteiger partial charge in [0.15, 0.2) is 17.4 Å². The Labute approximate surface area is 187 Å². The SMILES string of the molecule is O=C(CCc1ncc(-c2ccc(F)cc2)o1)Nc1ccc(Cl)cc1NC(=O)c1ccco1. The van der Waals surface area contributed by atoms with E-state index in [9.17, 15) is 14.0 Å². The molecule has 0 aliphatic rings. The third-order valence-electron chi connectivity index (χ3n) is 4.50. The lowest BCUT2D eigenvalue weighted by Crippen LogP contribution is -2.16. The number of amides is 2. The van der Waals surface area contributed by atoms with E-state index in [0.29, 0.717) is 33.6 Å². The minimum absolute atomic E-state index is 0.0948. The molecular weight excluding hydrogens is 437 g/mol.